The lowest BCUT2D eigenvalue weighted by atomic mass is 9.56. The molecule has 0 radical (unpaired) electrons. The Morgan fingerprint density at radius 2 is 1.77 bits per heavy atom. The van der Waals surface area contributed by atoms with Crippen molar-refractivity contribution in [3.8, 4) is 0 Å². The molecule has 5 fully saturated rings. The molecule has 8 heteroatoms. The SMILES string of the molecule is CCOC(=O)[C@H](CSC12CC3CC(CC(C3)C1)C2)NC(C)C(=O)N1CCC[C@H]1C(=O)O. The molecule has 5 rings (SSSR count). The highest BCUT2D eigenvalue weighted by atomic mass is 32.2. The van der Waals surface area contributed by atoms with Crippen molar-refractivity contribution in [2.24, 2.45) is 17.8 Å². The number of ether oxygens (including phenoxy) is 1. The van der Waals surface area contributed by atoms with Gasteiger partial charge in [0, 0.05) is 17.0 Å². The highest BCUT2D eigenvalue weighted by Gasteiger charge is 2.51. The number of carbonyl (C=O) groups excluding carboxylic acids is 2. The van der Waals surface area contributed by atoms with Gasteiger partial charge in [0.2, 0.25) is 5.91 Å². The lowest BCUT2D eigenvalue weighted by molar-refractivity contribution is -0.150. The van der Waals surface area contributed by atoms with Crippen LogP contribution in [-0.2, 0) is 19.1 Å². The van der Waals surface area contributed by atoms with E-state index in [0.29, 0.717) is 31.7 Å². The summed E-state index contributed by atoms with van der Waals surface area (Å²) >= 11 is 1.91. The van der Waals surface area contributed by atoms with Gasteiger partial charge >= 0.3 is 11.9 Å². The lowest BCUT2D eigenvalue weighted by Crippen LogP contribution is -2.55. The minimum atomic E-state index is -0.961. The van der Waals surface area contributed by atoms with E-state index < -0.39 is 24.1 Å². The summed E-state index contributed by atoms with van der Waals surface area (Å²) in [7, 11) is 0. The van der Waals surface area contributed by atoms with Crippen LogP contribution in [0.4, 0.5) is 0 Å². The summed E-state index contributed by atoms with van der Waals surface area (Å²) < 4.78 is 5.58. The van der Waals surface area contributed by atoms with E-state index in [-0.39, 0.29) is 16.6 Å². The highest BCUT2D eigenvalue weighted by molar-refractivity contribution is 8.00. The van der Waals surface area contributed by atoms with Crippen LogP contribution < -0.4 is 5.32 Å². The molecule has 0 spiro atoms. The van der Waals surface area contributed by atoms with Gasteiger partial charge in [0.15, 0.2) is 0 Å². The van der Waals surface area contributed by atoms with Gasteiger partial charge in [-0.2, -0.15) is 11.8 Å². The zero-order valence-corrected chi connectivity index (χ0v) is 19.5. The summed E-state index contributed by atoms with van der Waals surface area (Å²) in [5.74, 6) is 1.58. The maximum Gasteiger partial charge on any atom is 0.326 e. The molecule has 174 valence electrons. The first kappa shape index (κ1) is 22.9. The van der Waals surface area contributed by atoms with E-state index in [2.05, 4.69) is 5.32 Å². The average Bonchev–Trinajstić information content (AvgIpc) is 3.19. The van der Waals surface area contributed by atoms with Crippen LogP contribution in [0.25, 0.3) is 0 Å². The fraction of sp³-hybridized carbons (Fsp3) is 0.870. The Labute approximate surface area is 189 Å². The van der Waals surface area contributed by atoms with Gasteiger partial charge in [0.05, 0.1) is 12.6 Å². The Kier molecular flexibility index (Phi) is 6.87. The van der Waals surface area contributed by atoms with Crippen molar-refractivity contribution >= 4 is 29.6 Å². The average molecular weight is 453 g/mol. The molecule has 4 aliphatic carbocycles. The zero-order chi connectivity index (χ0) is 22.2. The Bertz CT molecular complexity index is 679. The van der Waals surface area contributed by atoms with Crippen LogP contribution in [0.3, 0.4) is 0 Å². The summed E-state index contributed by atoms with van der Waals surface area (Å²) in [6.07, 6.45) is 9.07. The molecule has 4 bridgehead atoms. The fourth-order valence-electron chi connectivity index (χ4n) is 6.80. The summed E-state index contributed by atoms with van der Waals surface area (Å²) in [6.45, 7) is 4.27. The van der Waals surface area contributed by atoms with E-state index in [0.717, 1.165) is 17.8 Å². The number of hydrogen-bond acceptors (Lipinski definition) is 6. The number of aliphatic carboxylic acids is 1. The monoisotopic (exact) mass is 452 g/mol. The lowest BCUT2D eigenvalue weighted by Gasteiger charge is -2.56. The number of carboxylic acid groups (broad SMARTS) is 1. The second-order valence-corrected chi connectivity index (χ2v) is 11.6. The standard InChI is InChI=1S/C23H36N2O5S/c1-3-30-22(29)18(24-14(2)20(26)25-6-4-5-19(25)21(27)28)13-31-23-10-15-7-16(11-23)9-17(8-15)12-23/h14-19,24H,3-13H2,1-2H3,(H,27,28)/t14?,15?,16?,17?,18-,19-,23?/m0/s1. The first-order valence-corrected chi connectivity index (χ1v) is 12.9. The van der Waals surface area contributed by atoms with Crippen molar-refractivity contribution in [3.63, 3.8) is 0 Å². The van der Waals surface area contributed by atoms with Gasteiger partial charge in [-0.3, -0.25) is 14.9 Å². The molecule has 1 unspecified atom stereocenters. The molecule has 0 aromatic carbocycles. The molecule has 3 atom stereocenters. The topological polar surface area (TPSA) is 95.9 Å². The molecule has 0 aromatic rings. The second kappa shape index (κ2) is 9.30. The summed E-state index contributed by atoms with van der Waals surface area (Å²) in [6, 6.07) is -1.96. The third-order valence-electron chi connectivity index (χ3n) is 7.75. The predicted molar refractivity (Wildman–Crippen MR) is 119 cm³/mol. The van der Waals surface area contributed by atoms with Gasteiger partial charge in [0.1, 0.15) is 12.1 Å². The number of esters is 1. The highest BCUT2D eigenvalue weighted by Crippen LogP contribution is 2.60. The molecule has 5 aliphatic rings. The third-order valence-corrected chi connectivity index (χ3v) is 9.36. The van der Waals surface area contributed by atoms with Gasteiger partial charge in [0.25, 0.3) is 0 Å². The molecule has 31 heavy (non-hydrogen) atoms. The van der Waals surface area contributed by atoms with Crippen LogP contribution in [0.15, 0.2) is 0 Å². The van der Waals surface area contributed by atoms with Crippen molar-refractivity contribution in [2.45, 2.75) is 88.1 Å². The molecule has 1 amide bonds. The van der Waals surface area contributed by atoms with Crippen LogP contribution in [-0.4, -0.2) is 69.6 Å². The van der Waals surface area contributed by atoms with E-state index in [1.165, 1.54) is 43.4 Å². The molecule has 4 saturated carbocycles. The number of nitrogens with zero attached hydrogens (tertiary/aromatic N) is 1. The van der Waals surface area contributed by atoms with E-state index >= 15 is 0 Å². The van der Waals surface area contributed by atoms with Gasteiger partial charge < -0.3 is 14.7 Å². The quantitative estimate of drug-likeness (QED) is 0.519. The molecule has 0 aromatic heterocycles. The molecule has 2 N–H and O–H groups in total. The zero-order valence-electron chi connectivity index (χ0n) is 18.7. The number of likely N-dealkylation sites (tertiary alicyclic amines) is 1. The van der Waals surface area contributed by atoms with Crippen LogP contribution in [0.1, 0.15) is 65.2 Å². The molecule has 7 nitrogen and oxygen atoms in total. The number of nitrogens with one attached hydrogen (secondary N) is 1. The van der Waals surface area contributed by atoms with Gasteiger partial charge in [-0.05, 0) is 83.0 Å². The Balaban J connectivity index is 1.39. The molecule has 1 aliphatic heterocycles. The summed E-state index contributed by atoms with van der Waals surface area (Å²) in [5.41, 5.74) is 0. The van der Waals surface area contributed by atoms with Crippen LogP contribution in [0, 0.1) is 17.8 Å². The fourth-order valence-corrected chi connectivity index (χ4v) is 8.62. The van der Waals surface area contributed by atoms with Gasteiger partial charge in [-0.1, -0.05) is 0 Å². The number of amides is 1. The predicted octanol–water partition coefficient (Wildman–Crippen LogP) is 2.67. The third kappa shape index (κ3) is 4.90. The van der Waals surface area contributed by atoms with Crippen molar-refractivity contribution in [1.82, 2.24) is 10.2 Å². The minimum Gasteiger partial charge on any atom is -0.480 e. The molecule has 1 saturated heterocycles. The van der Waals surface area contributed by atoms with Crippen molar-refractivity contribution < 1.29 is 24.2 Å². The van der Waals surface area contributed by atoms with E-state index in [1.54, 1.807) is 13.8 Å². The number of carboxylic acids is 1. The second-order valence-electron chi connectivity index (χ2n) is 10.1. The van der Waals surface area contributed by atoms with Crippen molar-refractivity contribution in [2.75, 3.05) is 18.9 Å². The number of hydrogen-bond donors (Lipinski definition) is 2. The van der Waals surface area contributed by atoms with Crippen LogP contribution >= 0.6 is 11.8 Å². The van der Waals surface area contributed by atoms with E-state index in [4.69, 9.17) is 4.74 Å². The Morgan fingerprint density at radius 3 is 2.32 bits per heavy atom. The maximum absolute atomic E-state index is 12.9. The number of thioether (sulfide) groups is 1. The molecular formula is C23H36N2O5S. The minimum absolute atomic E-state index is 0.251. The first-order chi connectivity index (χ1) is 14.8. The van der Waals surface area contributed by atoms with Gasteiger partial charge in [-0.25, -0.2) is 4.79 Å². The van der Waals surface area contributed by atoms with Crippen molar-refractivity contribution in [3.05, 3.63) is 0 Å². The largest absolute Gasteiger partial charge is 0.480 e. The maximum atomic E-state index is 12.9. The van der Waals surface area contributed by atoms with Crippen LogP contribution in [0.5, 0.6) is 0 Å². The Morgan fingerprint density at radius 1 is 1.16 bits per heavy atom. The van der Waals surface area contributed by atoms with Gasteiger partial charge in [-0.15, -0.1) is 0 Å². The van der Waals surface area contributed by atoms with Crippen molar-refractivity contribution in [1.29, 1.82) is 0 Å². The summed E-state index contributed by atoms with van der Waals surface area (Å²) in [4.78, 5) is 38.5. The molecular weight excluding hydrogens is 416 g/mol. The Hall–Kier alpha value is -1.28. The molecule has 1 heterocycles. The first-order valence-electron chi connectivity index (χ1n) is 11.9. The summed E-state index contributed by atoms with van der Waals surface area (Å²) in [5, 5.41) is 12.6. The number of rotatable bonds is 9. The normalized spacial score (nSPS) is 35.7. The smallest absolute Gasteiger partial charge is 0.326 e. The van der Waals surface area contributed by atoms with E-state index in [9.17, 15) is 19.5 Å². The number of carbonyl (C=O) groups is 3. The van der Waals surface area contributed by atoms with E-state index in [1.807, 2.05) is 11.8 Å². The van der Waals surface area contributed by atoms with Crippen LogP contribution in [0.2, 0.25) is 0 Å².